The molecule has 1 N–H and O–H groups in total. The van der Waals surface area contributed by atoms with Gasteiger partial charge in [-0.1, -0.05) is 6.58 Å². The van der Waals surface area contributed by atoms with Crippen LogP contribution in [0, 0.1) is 0 Å². The van der Waals surface area contributed by atoms with Crippen molar-refractivity contribution in [3.8, 4) is 0 Å². The minimum Gasteiger partial charge on any atom is -0.444 e. The van der Waals surface area contributed by atoms with Gasteiger partial charge < -0.3 is 9.84 Å². The molecule has 6 heteroatoms. The van der Waals surface area contributed by atoms with E-state index in [0.717, 1.165) is 6.20 Å². The smallest absolute Gasteiger partial charge is 0.410 e. The lowest BCUT2D eigenvalue weighted by atomic mass is 10.1. The molecule has 21 heavy (non-hydrogen) atoms. The molecular weight excluding hydrogens is 275 g/mol. The number of carbonyl (C=O) groups is 1. The quantitative estimate of drug-likeness (QED) is 0.815. The zero-order valence-corrected chi connectivity index (χ0v) is 13.0. The fraction of sp³-hybridized carbons (Fsp3) is 0.600. The van der Waals surface area contributed by atoms with Gasteiger partial charge in [0.15, 0.2) is 0 Å². The third-order valence-corrected chi connectivity index (χ3v) is 2.83. The normalized spacial score (nSPS) is 23.7. The van der Waals surface area contributed by atoms with E-state index in [9.17, 15) is 14.3 Å². The number of ether oxygens (including phenoxy) is 1. The highest BCUT2D eigenvalue weighted by molar-refractivity contribution is 5.82. The Morgan fingerprint density at radius 1 is 1.52 bits per heavy atom. The number of aliphatic imine (C=N–C) groups is 1. The first-order valence-corrected chi connectivity index (χ1v) is 6.82. The summed E-state index contributed by atoms with van der Waals surface area (Å²) >= 11 is 0. The average Bonchev–Trinajstić information content (AvgIpc) is 2.68. The summed E-state index contributed by atoms with van der Waals surface area (Å²) in [5, 5.41) is 9.77. The Labute approximate surface area is 124 Å². The molecule has 1 saturated heterocycles. The lowest BCUT2D eigenvalue weighted by Gasteiger charge is -2.28. The van der Waals surface area contributed by atoms with Gasteiger partial charge in [-0.15, -0.1) is 0 Å². The highest BCUT2D eigenvalue weighted by Gasteiger charge is 2.37. The highest BCUT2D eigenvalue weighted by Crippen LogP contribution is 2.25. The van der Waals surface area contributed by atoms with Crippen molar-refractivity contribution in [2.45, 2.75) is 51.9 Å². The van der Waals surface area contributed by atoms with Crippen molar-refractivity contribution in [1.29, 1.82) is 0 Å². The third kappa shape index (κ3) is 5.67. The first-order chi connectivity index (χ1) is 9.60. The van der Waals surface area contributed by atoms with E-state index in [-0.39, 0.29) is 6.54 Å². The van der Waals surface area contributed by atoms with Crippen molar-refractivity contribution >= 4 is 12.3 Å². The summed E-state index contributed by atoms with van der Waals surface area (Å²) in [5.74, 6) is -0.422. The summed E-state index contributed by atoms with van der Waals surface area (Å²) in [5.41, 5.74) is -0.0894. The van der Waals surface area contributed by atoms with Crippen molar-refractivity contribution in [3.63, 3.8) is 0 Å². The van der Waals surface area contributed by atoms with Gasteiger partial charge in [-0.2, -0.15) is 0 Å². The van der Waals surface area contributed by atoms with Crippen molar-refractivity contribution in [1.82, 2.24) is 4.90 Å². The van der Waals surface area contributed by atoms with Crippen LogP contribution in [0.4, 0.5) is 9.18 Å². The van der Waals surface area contributed by atoms with E-state index in [2.05, 4.69) is 11.6 Å². The number of halogens is 1. The monoisotopic (exact) mass is 298 g/mol. The first-order valence-electron chi connectivity index (χ1n) is 6.82. The molecule has 0 spiro atoms. The lowest BCUT2D eigenvalue weighted by molar-refractivity contribution is 0.0232. The second kappa shape index (κ2) is 6.85. The molecule has 0 saturated carbocycles. The average molecular weight is 298 g/mol. The maximum atomic E-state index is 12.6. The second-order valence-electron chi connectivity index (χ2n) is 6.11. The molecule has 0 aromatic rings. The zero-order valence-electron chi connectivity index (χ0n) is 13.0. The third-order valence-electron chi connectivity index (χ3n) is 2.83. The van der Waals surface area contributed by atoms with Crippen LogP contribution in [0.25, 0.3) is 0 Å². The summed E-state index contributed by atoms with van der Waals surface area (Å²) < 4.78 is 17.9. The van der Waals surface area contributed by atoms with Crippen LogP contribution in [0.3, 0.4) is 0 Å². The van der Waals surface area contributed by atoms with Gasteiger partial charge >= 0.3 is 6.09 Å². The SMILES string of the molecule is C=C(/C=N\C=C(/C)F)[C@H]1C[C@@H](O)CN1C(=O)OC(C)(C)C. The van der Waals surface area contributed by atoms with Crippen LogP contribution in [-0.4, -0.2) is 46.6 Å². The minimum atomic E-state index is -0.633. The number of hydrogen-bond acceptors (Lipinski definition) is 4. The number of hydrogen-bond donors (Lipinski definition) is 1. The number of rotatable bonds is 3. The van der Waals surface area contributed by atoms with Gasteiger partial charge in [0.1, 0.15) is 11.4 Å². The standard InChI is InChI=1S/C15H23FN2O3/c1-10(7-17-8-11(2)16)13-6-12(19)9-18(13)14(20)21-15(3,4)5/h7-8,12-13,19H,1,6,9H2,2-5H3/b11-8+,17-7-/t12-,13-/m1/s1. The Morgan fingerprint density at radius 3 is 2.67 bits per heavy atom. The van der Waals surface area contributed by atoms with E-state index >= 15 is 0 Å². The van der Waals surface area contributed by atoms with Gasteiger partial charge in [-0.25, -0.2) is 9.18 Å². The van der Waals surface area contributed by atoms with E-state index in [1.807, 2.05) is 0 Å². The first kappa shape index (κ1) is 17.4. The number of aliphatic hydroxyl groups excluding tert-OH is 1. The molecule has 2 atom stereocenters. The number of carbonyl (C=O) groups excluding carboxylic acids is 1. The Kier molecular flexibility index (Phi) is 5.66. The van der Waals surface area contributed by atoms with Crippen LogP contribution in [0.5, 0.6) is 0 Å². The Morgan fingerprint density at radius 2 is 2.14 bits per heavy atom. The second-order valence-corrected chi connectivity index (χ2v) is 6.11. The fourth-order valence-corrected chi connectivity index (χ4v) is 2.01. The van der Waals surface area contributed by atoms with Gasteiger partial charge in [0.2, 0.25) is 0 Å². The molecule has 5 nitrogen and oxygen atoms in total. The largest absolute Gasteiger partial charge is 0.444 e. The molecule has 1 fully saturated rings. The zero-order chi connectivity index (χ0) is 16.2. The molecule has 1 amide bonds. The summed E-state index contributed by atoms with van der Waals surface area (Å²) in [6, 6.07) is -0.396. The van der Waals surface area contributed by atoms with Crippen molar-refractivity contribution in [2.75, 3.05) is 6.54 Å². The maximum absolute atomic E-state index is 12.6. The van der Waals surface area contributed by atoms with Gasteiger partial charge in [0.05, 0.1) is 24.9 Å². The summed E-state index contributed by atoms with van der Waals surface area (Å²) in [6.45, 7) is 10.6. The number of aliphatic hydroxyl groups is 1. The molecule has 0 radical (unpaired) electrons. The lowest BCUT2D eigenvalue weighted by Crippen LogP contribution is -2.41. The van der Waals surface area contributed by atoms with Gasteiger partial charge in [-0.05, 0) is 39.7 Å². The summed E-state index contributed by atoms with van der Waals surface area (Å²) in [4.78, 5) is 17.4. The predicted molar refractivity (Wildman–Crippen MR) is 79.8 cm³/mol. The molecular formula is C15H23FN2O3. The fourth-order valence-electron chi connectivity index (χ4n) is 2.01. The minimum absolute atomic E-state index is 0.185. The van der Waals surface area contributed by atoms with Gasteiger partial charge in [0.25, 0.3) is 0 Å². The molecule has 0 aromatic heterocycles. The number of amides is 1. The van der Waals surface area contributed by atoms with Crippen molar-refractivity contribution < 1.29 is 19.0 Å². The van der Waals surface area contributed by atoms with Crippen LogP contribution in [0.2, 0.25) is 0 Å². The van der Waals surface area contributed by atoms with Crippen LogP contribution < -0.4 is 0 Å². The Balaban J connectivity index is 2.79. The molecule has 0 unspecified atom stereocenters. The highest BCUT2D eigenvalue weighted by atomic mass is 19.1. The Bertz CT molecular complexity index is 462. The molecule has 0 aromatic carbocycles. The predicted octanol–water partition coefficient (Wildman–Crippen LogP) is 2.81. The van der Waals surface area contributed by atoms with Gasteiger partial charge in [0, 0.05) is 6.21 Å². The Hall–Kier alpha value is -1.69. The number of β-amino-alcohol motifs (C(OH)–C–C–N with tert-alkyl or cyclic N) is 1. The molecule has 0 bridgehead atoms. The molecule has 1 aliphatic heterocycles. The van der Waals surface area contributed by atoms with E-state index in [0.29, 0.717) is 12.0 Å². The van der Waals surface area contributed by atoms with Crippen LogP contribution in [0.1, 0.15) is 34.1 Å². The number of nitrogens with zero attached hydrogens (tertiary/aromatic N) is 2. The van der Waals surface area contributed by atoms with Crippen LogP contribution in [0.15, 0.2) is 29.2 Å². The summed E-state index contributed by atoms with van der Waals surface area (Å²) in [6.07, 6.45) is 1.68. The molecule has 1 heterocycles. The summed E-state index contributed by atoms with van der Waals surface area (Å²) in [7, 11) is 0. The molecule has 1 rings (SSSR count). The van der Waals surface area contributed by atoms with Crippen LogP contribution in [-0.2, 0) is 4.74 Å². The molecule has 118 valence electrons. The van der Waals surface area contributed by atoms with Crippen molar-refractivity contribution in [2.24, 2.45) is 4.99 Å². The van der Waals surface area contributed by atoms with E-state index in [1.165, 1.54) is 18.0 Å². The van der Waals surface area contributed by atoms with E-state index < -0.39 is 29.7 Å². The number of likely N-dealkylation sites (tertiary alicyclic amines) is 1. The van der Waals surface area contributed by atoms with Crippen LogP contribution >= 0.6 is 0 Å². The van der Waals surface area contributed by atoms with Crippen molar-refractivity contribution in [3.05, 3.63) is 24.2 Å². The van der Waals surface area contributed by atoms with E-state index in [4.69, 9.17) is 4.74 Å². The maximum Gasteiger partial charge on any atom is 0.410 e. The molecule has 1 aliphatic rings. The molecule has 0 aliphatic carbocycles. The number of allylic oxidation sites excluding steroid dienone is 1. The van der Waals surface area contributed by atoms with Gasteiger partial charge in [-0.3, -0.25) is 9.89 Å². The van der Waals surface area contributed by atoms with E-state index in [1.54, 1.807) is 20.8 Å². The topological polar surface area (TPSA) is 62.1 Å².